The van der Waals surface area contributed by atoms with Crippen molar-refractivity contribution in [3.8, 4) is 11.5 Å². The third-order valence-corrected chi connectivity index (χ3v) is 6.77. The van der Waals surface area contributed by atoms with Crippen molar-refractivity contribution in [3.05, 3.63) is 79.0 Å². The van der Waals surface area contributed by atoms with Gasteiger partial charge >= 0.3 is 6.18 Å². The van der Waals surface area contributed by atoms with E-state index >= 15 is 0 Å². The number of hydrogen-bond acceptors (Lipinski definition) is 7. The summed E-state index contributed by atoms with van der Waals surface area (Å²) in [4.78, 5) is 34.3. The van der Waals surface area contributed by atoms with Gasteiger partial charge in [-0.05, 0) is 18.2 Å². The minimum absolute atomic E-state index is 0.0177. The Bertz CT molecular complexity index is 1580. The summed E-state index contributed by atoms with van der Waals surface area (Å²) in [6.45, 7) is 1.97. The van der Waals surface area contributed by atoms with Crippen LogP contribution >= 0.6 is 0 Å². The van der Waals surface area contributed by atoms with Gasteiger partial charge in [-0.25, -0.2) is 19.9 Å². The Labute approximate surface area is 220 Å². The van der Waals surface area contributed by atoms with Crippen LogP contribution in [0.5, 0.6) is 0 Å². The maximum Gasteiger partial charge on any atom is 0.417 e. The van der Waals surface area contributed by atoms with Gasteiger partial charge in [0.1, 0.15) is 17.2 Å². The molecule has 1 atom stereocenters. The molecule has 1 amide bonds. The summed E-state index contributed by atoms with van der Waals surface area (Å²) in [7, 11) is 0. The molecule has 5 aromatic rings. The van der Waals surface area contributed by atoms with Crippen molar-refractivity contribution in [2.45, 2.75) is 25.2 Å². The second-order valence-corrected chi connectivity index (χ2v) is 9.16. The largest absolute Gasteiger partial charge is 0.417 e. The molecular weight excluding hydrogens is 513 g/mol. The summed E-state index contributed by atoms with van der Waals surface area (Å²) in [5.74, 6) is 0.864. The molecular formula is C25H23F3N10O. The number of amides is 1. The first-order valence-corrected chi connectivity index (χ1v) is 12.2. The molecule has 1 fully saturated rings. The molecule has 11 nitrogen and oxygen atoms in total. The van der Waals surface area contributed by atoms with E-state index in [1.54, 1.807) is 37.2 Å². The number of aromatic amines is 1. The highest BCUT2D eigenvalue weighted by molar-refractivity contribution is 5.77. The molecule has 1 aliphatic rings. The first-order valence-electron chi connectivity index (χ1n) is 12.2. The topological polar surface area (TPSA) is 113 Å². The van der Waals surface area contributed by atoms with Gasteiger partial charge in [0.2, 0.25) is 5.91 Å². The van der Waals surface area contributed by atoms with Gasteiger partial charge < -0.3 is 14.4 Å². The van der Waals surface area contributed by atoms with Crippen LogP contribution < -0.4 is 4.90 Å². The lowest BCUT2D eigenvalue weighted by Crippen LogP contribution is -2.51. The Morgan fingerprint density at radius 3 is 2.77 bits per heavy atom. The van der Waals surface area contributed by atoms with Crippen LogP contribution in [0.25, 0.3) is 17.2 Å². The molecule has 1 aliphatic heterocycles. The van der Waals surface area contributed by atoms with Gasteiger partial charge in [-0.1, -0.05) is 0 Å². The Balaban J connectivity index is 1.26. The van der Waals surface area contributed by atoms with Crippen molar-refractivity contribution in [3.63, 3.8) is 0 Å². The Hall–Kier alpha value is -4.75. The second kappa shape index (κ2) is 9.85. The lowest BCUT2D eigenvalue weighted by atomic mass is 10.1. The smallest absolute Gasteiger partial charge is 0.352 e. The van der Waals surface area contributed by atoms with E-state index < -0.39 is 11.7 Å². The number of H-pyrrole nitrogens is 1. The normalized spacial score (nSPS) is 16.2. The number of fused-ring (bicyclic) bond motifs is 1. The number of rotatable bonds is 6. The number of pyridine rings is 1. The zero-order chi connectivity index (χ0) is 27.0. The molecule has 0 bridgehead atoms. The highest BCUT2D eigenvalue weighted by Gasteiger charge is 2.33. The summed E-state index contributed by atoms with van der Waals surface area (Å²) in [5, 5.41) is 6.89. The number of anilines is 1. The minimum Gasteiger partial charge on any atom is -0.352 e. The molecule has 5 aromatic heterocycles. The highest BCUT2D eigenvalue weighted by atomic mass is 19.4. The summed E-state index contributed by atoms with van der Waals surface area (Å²) in [5.41, 5.74) is 0.779. The standard InChI is InChI=1S/C25H23F3N10O/c26-25(27,28)18-1-2-21-31-13-19(38(21)14-18)24-30-5-3-22(34-24)36-9-10-37(20(15-36)17-11-32-33-12-17)23(39)4-7-35-8-6-29-16-35/h1-3,5-6,8,11-14,16,20H,4,7,9-10,15H2,(H,32,33). The molecule has 39 heavy (non-hydrogen) atoms. The lowest BCUT2D eigenvalue weighted by molar-refractivity contribution is -0.138. The van der Waals surface area contributed by atoms with Crippen LogP contribution in [0.4, 0.5) is 19.0 Å². The number of nitrogens with zero attached hydrogens (tertiary/aromatic N) is 9. The van der Waals surface area contributed by atoms with Gasteiger partial charge in [-0.2, -0.15) is 18.3 Å². The molecule has 6 heterocycles. The van der Waals surface area contributed by atoms with Crippen molar-refractivity contribution < 1.29 is 18.0 Å². The van der Waals surface area contributed by atoms with Crippen molar-refractivity contribution in [2.24, 2.45) is 0 Å². The Morgan fingerprint density at radius 2 is 2.00 bits per heavy atom. The van der Waals surface area contributed by atoms with Crippen LogP contribution in [0.3, 0.4) is 0 Å². The molecule has 1 N–H and O–H groups in total. The zero-order valence-corrected chi connectivity index (χ0v) is 20.5. The number of piperazine rings is 1. The van der Waals surface area contributed by atoms with Crippen LogP contribution in [-0.4, -0.2) is 69.5 Å². The third kappa shape index (κ3) is 4.92. The monoisotopic (exact) mass is 536 g/mol. The number of alkyl halides is 3. The van der Waals surface area contributed by atoms with E-state index in [1.165, 1.54) is 16.7 Å². The predicted octanol–water partition coefficient (Wildman–Crippen LogP) is 3.21. The quantitative estimate of drug-likeness (QED) is 0.355. The number of hydrogen-bond donors (Lipinski definition) is 1. The molecule has 200 valence electrons. The molecule has 1 saturated heterocycles. The number of carbonyl (C=O) groups is 1. The van der Waals surface area contributed by atoms with Crippen molar-refractivity contribution in [2.75, 3.05) is 24.5 Å². The summed E-state index contributed by atoms with van der Waals surface area (Å²) in [6, 6.07) is 3.79. The van der Waals surface area contributed by atoms with Crippen molar-refractivity contribution in [1.29, 1.82) is 0 Å². The number of aryl methyl sites for hydroxylation is 1. The van der Waals surface area contributed by atoms with E-state index in [0.29, 0.717) is 49.8 Å². The van der Waals surface area contributed by atoms with E-state index in [2.05, 4.69) is 30.1 Å². The van der Waals surface area contributed by atoms with Crippen LogP contribution in [0, 0.1) is 0 Å². The molecule has 6 rings (SSSR count). The minimum atomic E-state index is -4.49. The molecule has 14 heteroatoms. The van der Waals surface area contributed by atoms with Crippen LogP contribution in [-0.2, 0) is 17.5 Å². The van der Waals surface area contributed by atoms with Gasteiger partial charge in [0.25, 0.3) is 0 Å². The average molecular weight is 537 g/mol. The van der Waals surface area contributed by atoms with E-state index in [9.17, 15) is 18.0 Å². The number of nitrogens with one attached hydrogen (secondary N) is 1. The molecule has 0 saturated carbocycles. The van der Waals surface area contributed by atoms with E-state index in [0.717, 1.165) is 17.8 Å². The van der Waals surface area contributed by atoms with E-state index in [4.69, 9.17) is 0 Å². The molecule has 0 spiro atoms. The predicted molar refractivity (Wildman–Crippen MR) is 133 cm³/mol. The Morgan fingerprint density at radius 1 is 1.10 bits per heavy atom. The van der Waals surface area contributed by atoms with Crippen molar-refractivity contribution in [1.82, 2.24) is 44.0 Å². The first kappa shape index (κ1) is 24.6. The fourth-order valence-corrected chi connectivity index (χ4v) is 4.77. The van der Waals surface area contributed by atoms with Crippen LogP contribution in [0.15, 0.2) is 67.9 Å². The number of halogens is 3. The molecule has 0 aliphatic carbocycles. The maximum absolute atomic E-state index is 13.3. The van der Waals surface area contributed by atoms with E-state index in [-0.39, 0.29) is 17.8 Å². The third-order valence-electron chi connectivity index (χ3n) is 6.77. The Kier molecular flexibility index (Phi) is 6.21. The fraction of sp³-hybridized carbons (Fsp3) is 0.280. The van der Waals surface area contributed by atoms with Gasteiger partial charge in [0.05, 0.1) is 30.3 Å². The van der Waals surface area contributed by atoms with Crippen molar-refractivity contribution >= 4 is 17.4 Å². The molecule has 0 radical (unpaired) electrons. The van der Waals surface area contributed by atoms with E-state index in [1.807, 2.05) is 20.6 Å². The number of carbonyl (C=O) groups excluding carboxylic acids is 1. The second-order valence-electron chi connectivity index (χ2n) is 9.16. The maximum atomic E-state index is 13.3. The number of aromatic nitrogens is 8. The van der Waals surface area contributed by atoms with Crippen LogP contribution in [0.2, 0.25) is 0 Å². The summed E-state index contributed by atoms with van der Waals surface area (Å²) in [6.07, 6.45) is 8.51. The summed E-state index contributed by atoms with van der Waals surface area (Å²) >= 11 is 0. The lowest BCUT2D eigenvalue weighted by Gasteiger charge is -2.41. The van der Waals surface area contributed by atoms with Gasteiger partial charge in [0.15, 0.2) is 5.82 Å². The zero-order valence-electron chi connectivity index (χ0n) is 20.5. The SMILES string of the molecule is O=C(CCn1ccnc1)N1CCN(c2ccnc(-c3cnc4ccc(C(F)(F)F)cn34)n2)CC1c1cn[nH]c1. The first-order chi connectivity index (χ1) is 18.9. The van der Waals surface area contributed by atoms with Crippen LogP contribution in [0.1, 0.15) is 23.6 Å². The molecule has 1 unspecified atom stereocenters. The number of imidazole rings is 2. The highest BCUT2D eigenvalue weighted by Crippen LogP contribution is 2.31. The molecule has 0 aromatic carbocycles. The van der Waals surface area contributed by atoms with Gasteiger partial charge in [-0.15, -0.1) is 0 Å². The fourth-order valence-electron chi connectivity index (χ4n) is 4.77. The van der Waals surface area contributed by atoms with Gasteiger partial charge in [-0.3, -0.25) is 14.3 Å². The summed E-state index contributed by atoms with van der Waals surface area (Å²) < 4.78 is 43.1. The van der Waals surface area contributed by atoms with Gasteiger partial charge in [0, 0.05) is 69.1 Å². The average Bonchev–Trinajstić information content (AvgIpc) is 3.73.